The zero-order chi connectivity index (χ0) is 51.5. The van der Waals surface area contributed by atoms with Crippen molar-refractivity contribution in [2.75, 3.05) is 56.8 Å². The fourth-order valence-electron chi connectivity index (χ4n) is 10.7. The lowest BCUT2D eigenvalue weighted by molar-refractivity contribution is -0.137. The van der Waals surface area contributed by atoms with Crippen LogP contribution in [-0.4, -0.2) is 113 Å². The number of hydrogen-bond donors (Lipinski definition) is 0. The number of halogens is 8. The first-order valence-electron chi connectivity index (χ1n) is 23.7. The van der Waals surface area contributed by atoms with E-state index in [1.807, 2.05) is 4.90 Å². The Balaban J connectivity index is 1.22. The molecule has 0 aliphatic carbocycles. The number of carbonyl (C=O) groups excluding carboxylic acids is 1. The van der Waals surface area contributed by atoms with E-state index in [1.54, 1.807) is 84.0 Å². The van der Waals surface area contributed by atoms with Crippen molar-refractivity contribution in [2.24, 2.45) is 0 Å². The van der Waals surface area contributed by atoms with E-state index in [-0.39, 0.29) is 62.8 Å². The molecule has 12 nitrogen and oxygen atoms in total. The number of aryl methyl sites for hydroxylation is 1. The molecule has 1 amide bonds. The maximum absolute atomic E-state index is 18.2. The minimum Gasteiger partial charge on any atom is -0.497 e. The van der Waals surface area contributed by atoms with Crippen LogP contribution in [0.1, 0.15) is 75.1 Å². The highest BCUT2D eigenvalue weighted by molar-refractivity contribution is 8.00. The Kier molecular flexibility index (Phi) is 13.9. The summed E-state index contributed by atoms with van der Waals surface area (Å²) in [6.45, 7) is 7.42. The van der Waals surface area contributed by atoms with Crippen LogP contribution in [0.2, 0.25) is 0 Å². The van der Waals surface area contributed by atoms with Crippen LogP contribution in [0.4, 0.5) is 51.6 Å². The lowest BCUT2D eigenvalue weighted by Crippen LogP contribution is -2.57. The Morgan fingerprint density at radius 2 is 1.47 bits per heavy atom. The average Bonchev–Trinajstić information content (AvgIpc) is 3.93. The number of nitrogens with zero attached hydrogens (tertiary/aromatic N) is 7. The van der Waals surface area contributed by atoms with Crippen molar-refractivity contribution < 1.29 is 58.9 Å². The lowest BCUT2D eigenvalue weighted by Gasteiger charge is -2.42. The molecule has 0 spiro atoms. The van der Waals surface area contributed by atoms with Gasteiger partial charge < -0.3 is 28.7 Å². The van der Waals surface area contributed by atoms with Crippen LogP contribution in [0.3, 0.4) is 0 Å². The number of rotatable bonds is 13. The quantitative estimate of drug-likeness (QED) is 0.0828. The van der Waals surface area contributed by atoms with E-state index in [9.17, 15) is 22.4 Å². The van der Waals surface area contributed by atoms with E-state index >= 15 is 17.6 Å². The molecule has 4 fully saturated rings. The van der Waals surface area contributed by atoms with E-state index < -0.39 is 104 Å². The summed E-state index contributed by atoms with van der Waals surface area (Å²) in [5, 5.41) is -0.229. The molecule has 0 N–H and O–H groups in total. The third kappa shape index (κ3) is 10.6. The van der Waals surface area contributed by atoms with Crippen LogP contribution in [0.25, 0.3) is 22.2 Å². The van der Waals surface area contributed by atoms with E-state index in [1.165, 1.54) is 20.3 Å². The van der Waals surface area contributed by atoms with Crippen molar-refractivity contribution in [1.29, 1.82) is 0 Å². The molecule has 2 aromatic heterocycles. The molecule has 5 aromatic rings. The number of thioether (sulfide) groups is 1. The van der Waals surface area contributed by atoms with Gasteiger partial charge in [0.2, 0.25) is 0 Å². The standard InChI is InChI=1S/C51H55F8N7O5S/c1-29-20-39(63(23-30-8-14-35(68-5)15-9-30)24-31-10-16-36(69-6)17-11-31)60-44(41(29)50(54,55)56)40-38(72-51(57,58)59)21-37-43(42(40)53)61-46(70-28-49-18-7-19-65(49)25-32(52)22-49)62-45(37)64-26-33-12-13-34(27-64)66(33)47(67)71-48(2,3)4/h8-11,14-17,20-21,32-34H,7,12-13,18-19,22-28H2,1-6H3/t32-,33?,34?,49+/m1/s1. The molecular weight excluding hydrogens is 975 g/mol. The molecule has 0 saturated carbocycles. The maximum atomic E-state index is 18.2. The molecule has 386 valence electrons. The number of fused-ring (bicyclic) bond motifs is 4. The van der Waals surface area contributed by atoms with Gasteiger partial charge in [0, 0.05) is 49.4 Å². The summed E-state index contributed by atoms with van der Waals surface area (Å²) in [7, 11) is 3.00. The fraction of sp³-hybridized carbons (Fsp3) is 0.490. The van der Waals surface area contributed by atoms with Gasteiger partial charge in [0.25, 0.3) is 0 Å². The second kappa shape index (κ2) is 19.5. The van der Waals surface area contributed by atoms with E-state index in [2.05, 4.69) is 9.97 Å². The number of hydrogen-bond acceptors (Lipinski definition) is 12. The molecule has 2 unspecified atom stereocenters. The van der Waals surface area contributed by atoms with Crippen molar-refractivity contribution in [2.45, 2.75) is 119 Å². The highest BCUT2D eigenvalue weighted by Gasteiger charge is 2.50. The highest BCUT2D eigenvalue weighted by atomic mass is 32.2. The number of alkyl halides is 7. The van der Waals surface area contributed by atoms with E-state index in [4.69, 9.17) is 23.9 Å². The second-order valence-corrected chi connectivity index (χ2v) is 21.1. The molecule has 4 aliphatic rings. The van der Waals surface area contributed by atoms with Crippen LogP contribution in [0.5, 0.6) is 17.5 Å². The van der Waals surface area contributed by atoms with Gasteiger partial charge in [-0.2, -0.15) is 36.3 Å². The van der Waals surface area contributed by atoms with Crippen molar-refractivity contribution >= 4 is 40.4 Å². The average molecular weight is 1030 g/mol. The number of methoxy groups -OCH3 is 2. The zero-order valence-corrected chi connectivity index (χ0v) is 41.4. The molecule has 2 bridgehead atoms. The van der Waals surface area contributed by atoms with Gasteiger partial charge in [-0.3, -0.25) is 9.80 Å². The molecule has 4 atom stereocenters. The van der Waals surface area contributed by atoms with Gasteiger partial charge in [-0.25, -0.2) is 18.6 Å². The zero-order valence-electron chi connectivity index (χ0n) is 40.6. The van der Waals surface area contributed by atoms with E-state index in [0.29, 0.717) is 48.4 Å². The normalized spacial score (nSPS) is 21.3. The first-order chi connectivity index (χ1) is 34.0. The molecule has 72 heavy (non-hydrogen) atoms. The van der Waals surface area contributed by atoms with Crippen LogP contribution in [0, 0.1) is 12.7 Å². The Morgan fingerprint density at radius 1 is 0.861 bits per heavy atom. The molecule has 4 saturated heterocycles. The molecular formula is C51H55F8N7O5S. The number of piperazine rings is 1. The largest absolute Gasteiger partial charge is 0.497 e. The van der Waals surface area contributed by atoms with Gasteiger partial charge in [0.15, 0.2) is 5.82 Å². The van der Waals surface area contributed by atoms with Crippen molar-refractivity contribution in [3.05, 3.63) is 88.7 Å². The minimum atomic E-state index is -5.23. The number of pyridine rings is 1. The molecule has 0 radical (unpaired) electrons. The summed E-state index contributed by atoms with van der Waals surface area (Å²) in [5.74, 6) is -0.537. The van der Waals surface area contributed by atoms with Crippen LogP contribution < -0.4 is 24.0 Å². The second-order valence-electron chi connectivity index (χ2n) is 19.9. The van der Waals surface area contributed by atoms with Gasteiger partial charge in [0.1, 0.15) is 47.0 Å². The van der Waals surface area contributed by atoms with Gasteiger partial charge in [-0.1, -0.05) is 24.3 Å². The number of amides is 1. The summed E-state index contributed by atoms with van der Waals surface area (Å²) in [4.78, 5) is 33.2. The van der Waals surface area contributed by atoms with E-state index in [0.717, 1.165) is 19.4 Å². The number of ether oxygens (including phenoxy) is 4. The summed E-state index contributed by atoms with van der Waals surface area (Å²) in [6.07, 6.45) is -4.26. The number of aromatic nitrogens is 3. The van der Waals surface area contributed by atoms with Gasteiger partial charge in [-0.05, 0) is 125 Å². The Hall–Kier alpha value is -5.83. The topological polar surface area (TPSA) is 106 Å². The minimum absolute atomic E-state index is 0.0418. The van der Waals surface area contributed by atoms with Crippen molar-refractivity contribution in [3.63, 3.8) is 0 Å². The molecule has 21 heteroatoms. The monoisotopic (exact) mass is 1030 g/mol. The van der Waals surface area contributed by atoms with Crippen LogP contribution >= 0.6 is 11.8 Å². The number of anilines is 2. The Morgan fingerprint density at radius 3 is 2.03 bits per heavy atom. The lowest BCUT2D eigenvalue weighted by atomic mass is 9.95. The summed E-state index contributed by atoms with van der Waals surface area (Å²) in [6, 6.07) is 14.7. The Labute approximate surface area is 416 Å². The molecule has 3 aromatic carbocycles. The van der Waals surface area contributed by atoms with Crippen molar-refractivity contribution in [3.8, 4) is 28.8 Å². The smallest absolute Gasteiger partial charge is 0.446 e. The summed E-state index contributed by atoms with van der Waals surface area (Å²) < 4.78 is 147. The molecule has 9 rings (SSSR count). The highest BCUT2D eigenvalue weighted by Crippen LogP contribution is 2.50. The van der Waals surface area contributed by atoms with Gasteiger partial charge >= 0.3 is 23.8 Å². The SMILES string of the molecule is COc1ccc(CN(Cc2ccc(OC)cc2)c2cc(C)c(C(F)(F)F)c(-c3c(SC(F)(F)F)cc4c(N5CC6CCC(C5)N6C(=O)OC(C)(C)C)nc(OC[C@@]56CCCN5C[C@H](F)C6)nc4c3F)n2)cc1. The van der Waals surface area contributed by atoms with Crippen LogP contribution in [0.15, 0.2) is 65.6 Å². The van der Waals surface area contributed by atoms with Gasteiger partial charge in [0.05, 0.1) is 48.7 Å². The third-order valence-corrected chi connectivity index (χ3v) is 14.6. The fourth-order valence-corrected chi connectivity index (χ4v) is 11.4. The number of carbonyl (C=O) groups is 1. The molecule has 4 aliphatic heterocycles. The molecule has 6 heterocycles. The number of benzene rings is 3. The Bertz CT molecular complexity index is 2750. The predicted molar refractivity (Wildman–Crippen MR) is 256 cm³/mol. The van der Waals surface area contributed by atoms with Crippen molar-refractivity contribution in [1.82, 2.24) is 24.8 Å². The van der Waals surface area contributed by atoms with Crippen LogP contribution in [-0.2, 0) is 24.0 Å². The summed E-state index contributed by atoms with van der Waals surface area (Å²) >= 11 is -0.778. The van der Waals surface area contributed by atoms with Gasteiger partial charge in [-0.15, -0.1) is 0 Å². The summed E-state index contributed by atoms with van der Waals surface area (Å²) in [5.41, 5.74) is -9.90. The first kappa shape index (κ1) is 51.1. The predicted octanol–water partition coefficient (Wildman–Crippen LogP) is 11.5. The maximum Gasteiger partial charge on any atom is 0.446 e. The third-order valence-electron chi connectivity index (χ3n) is 13.8. The first-order valence-corrected chi connectivity index (χ1v) is 24.5.